The lowest BCUT2D eigenvalue weighted by Crippen LogP contribution is -2.38. The van der Waals surface area contributed by atoms with Crippen molar-refractivity contribution in [2.45, 2.75) is 45.4 Å². The summed E-state index contributed by atoms with van der Waals surface area (Å²) in [6, 6.07) is 0. The molecule has 78 valence electrons. The Morgan fingerprint density at radius 3 is 2.79 bits per heavy atom. The molecular formula is C12H18O2. The number of rotatable bonds is 1. The topological polar surface area (TPSA) is 34.1 Å². The minimum atomic E-state index is -0.107. The molecule has 0 N–H and O–H groups in total. The van der Waals surface area contributed by atoms with Gasteiger partial charge in [0.05, 0.1) is 0 Å². The Bertz CT molecular complexity index is 259. The maximum atomic E-state index is 12.0. The van der Waals surface area contributed by atoms with Gasteiger partial charge in [0.15, 0.2) is 0 Å². The van der Waals surface area contributed by atoms with Crippen molar-refractivity contribution in [1.82, 2.24) is 0 Å². The predicted octanol–water partition coefficient (Wildman–Crippen LogP) is 2.36. The number of carbonyl (C=O) groups excluding carboxylic acids is 2. The SMILES string of the molecule is CC1CCCC(=O)C12CCC(C=O)C2. The third-order valence-corrected chi connectivity index (χ3v) is 4.32. The summed E-state index contributed by atoms with van der Waals surface area (Å²) in [5, 5.41) is 0. The van der Waals surface area contributed by atoms with E-state index in [9.17, 15) is 9.59 Å². The first-order chi connectivity index (χ1) is 6.69. The van der Waals surface area contributed by atoms with Gasteiger partial charge in [0.2, 0.25) is 0 Å². The van der Waals surface area contributed by atoms with Crippen molar-refractivity contribution < 1.29 is 9.59 Å². The molecule has 1 spiro atoms. The quantitative estimate of drug-likeness (QED) is 0.600. The molecule has 0 bridgehead atoms. The maximum Gasteiger partial charge on any atom is 0.139 e. The summed E-state index contributed by atoms with van der Waals surface area (Å²) in [6.07, 6.45) is 6.72. The first kappa shape index (κ1) is 9.88. The van der Waals surface area contributed by atoms with Gasteiger partial charge in [-0.1, -0.05) is 6.92 Å². The molecule has 2 nitrogen and oxygen atoms in total. The fourth-order valence-corrected chi connectivity index (χ4v) is 3.30. The number of Topliss-reactive ketones (excluding diaryl/α,β-unsaturated/α-hetero) is 1. The van der Waals surface area contributed by atoms with Crippen LogP contribution in [0.3, 0.4) is 0 Å². The van der Waals surface area contributed by atoms with Crippen molar-refractivity contribution in [2.24, 2.45) is 17.3 Å². The smallest absolute Gasteiger partial charge is 0.139 e. The van der Waals surface area contributed by atoms with Crippen LogP contribution in [0.5, 0.6) is 0 Å². The van der Waals surface area contributed by atoms with E-state index in [1.165, 1.54) is 0 Å². The lowest BCUT2D eigenvalue weighted by Gasteiger charge is -2.38. The van der Waals surface area contributed by atoms with Gasteiger partial charge in [-0.05, 0) is 38.0 Å². The zero-order chi connectivity index (χ0) is 10.2. The predicted molar refractivity (Wildman–Crippen MR) is 53.9 cm³/mol. The van der Waals surface area contributed by atoms with Crippen molar-refractivity contribution in [3.05, 3.63) is 0 Å². The highest BCUT2D eigenvalue weighted by Gasteiger charge is 2.49. The van der Waals surface area contributed by atoms with Crippen LogP contribution in [0, 0.1) is 17.3 Å². The zero-order valence-electron chi connectivity index (χ0n) is 8.79. The Balaban J connectivity index is 2.20. The average molecular weight is 194 g/mol. The molecule has 0 aliphatic heterocycles. The number of ketones is 1. The Labute approximate surface area is 85.1 Å². The van der Waals surface area contributed by atoms with Crippen molar-refractivity contribution >= 4 is 12.1 Å². The van der Waals surface area contributed by atoms with E-state index in [1.807, 2.05) is 0 Å². The van der Waals surface area contributed by atoms with Crippen LogP contribution in [0.4, 0.5) is 0 Å². The van der Waals surface area contributed by atoms with Gasteiger partial charge in [-0.25, -0.2) is 0 Å². The highest BCUT2D eigenvalue weighted by Crippen LogP contribution is 2.51. The number of carbonyl (C=O) groups is 2. The molecule has 3 unspecified atom stereocenters. The third-order valence-electron chi connectivity index (χ3n) is 4.32. The molecular weight excluding hydrogens is 176 g/mol. The molecule has 2 aliphatic rings. The molecule has 0 radical (unpaired) electrons. The second-order valence-electron chi connectivity index (χ2n) is 5.01. The van der Waals surface area contributed by atoms with E-state index in [2.05, 4.69) is 6.92 Å². The van der Waals surface area contributed by atoms with E-state index >= 15 is 0 Å². The van der Waals surface area contributed by atoms with E-state index in [0.717, 1.165) is 44.8 Å². The average Bonchev–Trinajstić information content (AvgIpc) is 2.60. The highest BCUT2D eigenvalue weighted by molar-refractivity contribution is 5.86. The van der Waals surface area contributed by atoms with Crippen LogP contribution in [-0.4, -0.2) is 12.1 Å². The van der Waals surface area contributed by atoms with Gasteiger partial charge in [0, 0.05) is 17.8 Å². The summed E-state index contributed by atoms with van der Waals surface area (Å²) in [5.74, 6) is 1.08. The molecule has 0 amide bonds. The molecule has 0 saturated heterocycles. The lowest BCUT2D eigenvalue weighted by atomic mass is 9.65. The molecule has 0 heterocycles. The Hall–Kier alpha value is -0.660. The van der Waals surface area contributed by atoms with Crippen LogP contribution >= 0.6 is 0 Å². The lowest BCUT2D eigenvalue weighted by molar-refractivity contribution is -0.134. The second-order valence-corrected chi connectivity index (χ2v) is 5.01. The minimum Gasteiger partial charge on any atom is -0.303 e. The van der Waals surface area contributed by atoms with Crippen molar-refractivity contribution in [3.63, 3.8) is 0 Å². The summed E-state index contributed by atoms with van der Waals surface area (Å²) >= 11 is 0. The van der Waals surface area contributed by atoms with Gasteiger partial charge < -0.3 is 4.79 Å². The van der Waals surface area contributed by atoms with Gasteiger partial charge in [-0.3, -0.25) is 4.79 Å². The van der Waals surface area contributed by atoms with E-state index in [0.29, 0.717) is 11.7 Å². The summed E-state index contributed by atoms with van der Waals surface area (Å²) in [6.45, 7) is 2.18. The molecule has 0 aromatic heterocycles. The molecule has 3 atom stereocenters. The van der Waals surface area contributed by atoms with Crippen molar-refractivity contribution in [2.75, 3.05) is 0 Å². The van der Waals surface area contributed by atoms with E-state index < -0.39 is 0 Å². The molecule has 2 heteroatoms. The van der Waals surface area contributed by atoms with Crippen molar-refractivity contribution in [3.8, 4) is 0 Å². The van der Waals surface area contributed by atoms with Crippen LogP contribution in [0.1, 0.15) is 45.4 Å². The largest absolute Gasteiger partial charge is 0.303 e. The molecule has 14 heavy (non-hydrogen) atoms. The van der Waals surface area contributed by atoms with Crippen LogP contribution < -0.4 is 0 Å². The van der Waals surface area contributed by atoms with E-state index in [-0.39, 0.29) is 11.3 Å². The Kier molecular flexibility index (Phi) is 2.46. The minimum absolute atomic E-state index is 0.107. The number of hydrogen-bond donors (Lipinski definition) is 0. The maximum absolute atomic E-state index is 12.0. The monoisotopic (exact) mass is 194 g/mol. The first-order valence-electron chi connectivity index (χ1n) is 5.67. The molecule has 0 aromatic rings. The summed E-state index contributed by atoms with van der Waals surface area (Å²) in [7, 11) is 0. The number of hydrogen-bond acceptors (Lipinski definition) is 2. The van der Waals surface area contributed by atoms with Crippen LogP contribution in [0.2, 0.25) is 0 Å². The molecule has 2 aliphatic carbocycles. The molecule has 2 saturated carbocycles. The van der Waals surface area contributed by atoms with Gasteiger partial charge >= 0.3 is 0 Å². The highest BCUT2D eigenvalue weighted by atomic mass is 16.1. The van der Waals surface area contributed by atoms with Gasteiger partial charge in [-0.2, -0.15) is 0 Å². The summed E-state index contributed by atoms with van der Waals surface area (Å²) < 4.78 is 0. The Morgan fingerprint density at radius 1 is 1.43 bits per heavy atom. The van der Waals surface area contributed by atoms with Gasteiger partial charge in [0.1, 0.15) is 12.1 Å². The third kappa shape index (κ3) is 1.32. The second kappa shape index (κ2) is 3.48. The van der Waals surface area contributed by atoms with Crippen LogP contribution in [0.15, 0.2) is 0 Å². The zero-order valence-corrected chi connectivity index (χ0v) is 8.79. The summed E-state index contributed by atoms with van der Waals surface area (Å²) in [4.78, 5) is 22.7. The Morgan fingerprint density at radius 2 is 2.21 bits per heavy atom. The fraction of sp³-hybridized carbons (Fsp3) is 0.833. The van der Waals surface area contributed by atoms with Crippen LogP contribution in [-0.2, 0) is 9.59 Å². The van der Waals surface area contributed by atoms with E-state index in [4.69, 9.17) is 0 Å². The standard InChI is InChI=1S/C12H18O2/c1-9-3-2-4-11(14)12(9)6-5-10(7-12)8-13/h8-10H,2-7H2,1H3. The molecule has 2 rings (SSSR count). The number of aldehydes is 1. The molecule has 2 fully saturated rings. The van der Waals surface area contributed by atoms with Gasteiger partial charge in [0.25, 0.3) is 0 Å². The normalized spacial score (nSPS) is 43.1. The summed E-state index contributed by atoms with van der Waals surface area (Å²) in [5.41, 5.74) is -0.107. The fourth-order valence-electron chi connectivity index (χ4n) is 3.30. The van der Waals surface area contributed by atoms with E-state index in [1.54, 1.807) is 0 Å². The van der Waals surface area contributed by atoms with Crippen molar-refractivity contribution in [1.29, 1.82) is 0 Å². The first-order valence-corrected chi connectivity index (χ1v) is 5.67. The molecule has 0 aromatic carbocycles. The van der Waals surface area contributed by atoms with Crippen LogP contribution in [0.25, 0.3) is 0 Å². The van der Waals surface area contributed by atoms with Gasteiger partial charge in [-0.15, -0.1) is 0 Å².